The summed E-state index contributed by atoms with van der Waals surface area (Å²) in [6.07, 6.45) is 3.59. The monoisotopic (exact) mass is 234 g/mol. The van der Waals surface area contributed by atoms with Gasteiger partial charge in [0.1, 0.15) is 6.10 Å². The van der Waals surface area contributed by atoms with Crippen LogP contribution in [-0.4, -0.2) is 12.1 Å². The Bertz CT molecular complexity index is 385. The number of hydrogen-bond donors (Lipinski definition) is 0. The SMILES string of the molecule is C=C[C@@H](CCC)Oc1ccccc1OC(C)=O. The number of hydrogen-bond acceptors (Lipinski definition) is 3. The molecule has 0 N–H and O–H groups in total. The van der Waals surface area contributed by atoms with Crippen molar-refractivity contribution < 1.29 is 14.3 Å². The molecule has 92 valence electrons. The Balaban J connectivity index is 2.81. The van der Waals surface area contributed by atoms with Crippen molar-refractivity contribution in [2.75, 3.05) is 0 Å². The molecule has 0 heterocycles. The normalized spacial score (nSPS) is 11.6. The minimum absolute atomic E-state index is 0.0586. The maximum Gasteiger partial charge on any atom is 0.308 e. The predicted octanol–water partition coefficient (Wildman–Crippen LogP) is 3.35. The van der Waals surface area contributed by atoms with Crippen LogP contribution in [0.25, 0.3) is 0 Å². The first kappa shape index (κ1) is 13.3. The van der Waals surface area contributed by atoms with E-state index in [1.165, 1.54) is 6.92 Å². The summed E-state index contributed by atoms with van der Waals surface area (Å²) >= 11 is 0. The lowest BCUT2D eigenvalue weighted by atomic mass is 10.2. The van der Waals surface area contributed by atoms with Crippen LogP contribution in [0.5, 0.6) is 11.5 Å². The molecule has 1 atom stereocenters. The molecule has 0 aliphatic rings. The molecule has 0 aliphatic carbocycles. The molecule has 0 fully saturated rings. The summed E-state index contributed by atoms with van der Waals surface area (Å²) in [6, 6.07) is 7.13. The van der Waals surface area contributed by atoms with Crippen LogP contribution in [-0.2, 0) is 4.79 Å². The summed E-state index contributed by atoms with van der Waals surface area (Å²) in [5.41, 5.74) is 0. The van der Waals surface area contributed by atoms with Crippen LogP contribution in [0.15, 0.2) is 36.9 Å². The van der Waals surface area contributed by atoms with E-state index in [0.717, 1.165) is 12.8 Å². The standard InChI is InChI=1S/C14H18O3/c1-4-8-12(5-2)17-14-10-7-6-9-13(14)16-11(3)15/h5-7,9-10,12H,2,4,8H2,1,3H3/t12-/m0/s1. The van der Waals surface area contributed by atoms with Crippen molar-refractivity contribution in [1.82, 2.24) is 0 Å². The van der Waals surface area contributed by atoms with E-state index in [1.807, 2.05) is 6.07 Å². The van der Waals surface area contributed by atoms with E-state index in [0.29, 0.717) is 11.5 Å². The summed E-state index contributed by atoms with van der Waals surface area (Å²) in [7, 11) is 0. The minimum Gasteiger partial charge on any atom is -0.482 e. The van der Waals surface area contributed by atoms with Crippen LogP contribution in [0.4, 0.5) is 0 Å². The molecule has 1 rings (SSSR count). The van der Waals surface area contributed by atoms with Gasteiger partial charge in [0.25, 0.3) is 0 Å². The number of carbonyl (C=O) groups excluding carboxylic acids is 1. The number of para-hydroxylation sites is 2. The van der Waals surface area contributed by atoms with Crippen LogP contribution < -0.4 is 9.47 Å². The Morgan fingerprint density at radius 3 is 2.59 bits per heavy atom. The van der Waals surface area contributed by atoms with E-state index in [1.54, 1.807) is 24.3 Å². The molecule has 0 unspecified atom stereocenters. The second-order valence-electron chi connectivity index (χ2n) is 3.72. The minimum atomic E-state index is -0.355. The van der Waals surface area contributed by atoms with Crippen molar-refractivity contribution in [2.45, 2.75) is 32.8 Å². The first-order valence-electron chi connectivity index (χ1n) is 5.74. The van der Waals surface area contributed by atoms with Crippen molar-refractivity contribution >= 4 is 5.97 Å². The van der Waals surface area contributed by atoms with E-state index < -0.39 is 0 Å². The zero-order chi connectivity index (χ0) is 12.7. The van der Waals surface area contributed by atoms with Gasteiger partial charge in [0, 0.05) is 6.92 Å². The molecule has 3 heteroatoms. The van der Waals surface area contributed by atoms with Gasteiger partial charge in [0.15, 0.2) is 11.5 Å². The molecule has 0 radical (unpaired) electrons. The lowest BCUT2D eigenvalue weighted by Crippen LogP contribution is -2.14. The largest absolute Gasteiger partial charge is 0.482 e. The van der Waals surface area contributed by atoms with Gasteiger partial charge in [-0.25, -0.2) is 0 Å². The molecule has 1 aromatic carbocycles. The molecule has 3 nitrogen and oxygen atoms in total. The zero-order valence-electron chi connectivity index (χ0n) is 10.3. The van der Waals surface area contributed by atoms with Gasteiger partial charge in [-0.3, -0.25) is 4.79 Å². The summed E-state index contributed by atoms with van der Waals surface area (Å²) < 4.78 is 10.8. The fourth-order valence-corrected chi connectivity index (χ4v) is 1.46. The molecule has 1 aromatic rings. The molecule has 0 saturated heterocycles. The van der Waals surface area contributed by atoms with Crippen molar-refractivity contribution in [3.05, 3.63) is 36.9 Å². The Morgan fingerprint density at radius 2 is 2.06 bits per heavy atom. The molecule has 0 aliphatic heterocycles. The van der Waals surface area contributed by atoms with Gasteiger partial charge in [-0.2, -0.15) is 0 Å². The molecule has 0 amide bonds. The van der Waals surface area contributed by atoms with Crippen LogP contribution in [0.1, 0.15) is 26.7 Å². The second kappa shape index (κ2) is 6.74. The highest BCUT2D eigenvalue weighted by Gasteiger charge is 2.10. The highest BCUT2D eigenvalue weighted by Crippen LogP contribution is 2.28. The number of carbonyl (C=O) groups is 1. The van der Waals surface area contributed by atoms with Crippen molar-refractivity contribution in [1.29, 1.82) is 0 Å². The third kappa shape index (κ3) is 4.31. The van der Waals surface area contributed by atoms with Crippen LogP contribution in [0.2, 0.25) is 0 Å². The number of esters is 1. The summed E-state index contributed by atoms with van der Waals surface area (Å²) in [5.74, 6) is 0.663. The van der Waals surface area contributed by atoms with Crippen LogP contribution >= 0.6 is 0 Å². The van der Waals surface area contributed by atoms with Crippen LogP contribution in [0.3, 0.4) is 0 Å². The van der Waals surface area contributed by atoms with E-state index in [-0.39, 0.29) is 12.1 Å². The topological polar surface area (TPSA) is 35.5 Å². The maximum atomic E-state index is 10.9. The molecule has 0 bridgehead atoms. The fourth-order valence-electron chi connectivity index (χ4n) is 1.46. The number of ether oxygens (including phenoxy) is 2. The summed E-state index contributed by atoms with van der Waals surface area (Å²) in [5, 5.41) is 0. The van der Waals surface area contributed by atoms with Gasteiger partial charge >= 0.3 is 5.97 Å². The number of benzene rings is 1. The van der Waals surface area contributed by atoms with E-state index >= 15 is 0 Å². The average Bonchev–Trinajstić information content (AvgIpc) is 2.30. The molecular weight excluding hydrogens is 216 g/mol. The second-order valence-corrected chi connectivity index (χ2v) is 3.72. The Hall–Kier alpha value is -1.77. The zero-order valence-corrected chi connectivity index (χ0v) is 10.3. The van der Waals surface area contributed by atoms with Crippen molar-refractivity contribution in [2.24, 2.45) is 0 Å². The third-order valence-electron chi connectivity index (χ3n) is 2.22. The first-order valence-corrected chi connectivity index (χ1v) is 5.74. The third-order valence-corrected chi connectivity index (χ3v) is 2.22. The lowest BCUT2D eigenvalue weighted by Gasteiger charge is -2.16. The first-order chi connectivity index (χ1) is 8.17. The Morgan fingerprint density at radius 1 is 1.41 bits per heavy atom. The van der Waals surface area contributed by atoms with E-state index in [2.05, 4.69) is 13.5 Å². The average molecular weight is 234 g/mol. The molecule has 17 heavy (non-hydrogen) atoms. The van der Waals surface area contributed by atoms with E-state index in [9.17, 15) is 4.79 Å². The maximum absolute atomic E-state index is 10.9. The predicted molar refractivity (Wildman–Crippen MR) is 67.3 cm³/mol. The summed E-state index contributed by atoms with van der Waals surface area (Å²) in [4.78, 5) is 10.9. The molecule has 0 spiro atoms. The van der Waals surface area contributed by atoms with Gasteiger partial charge < -0.3 is 9.47 Å². The molecule has 0 saturated carbocycles. The number of rotatable bonds is 6. The van der Waals surface area contributed by atoms with Crippen molar-refractivity contribution in [3.8, 4) is 11.5 Å². The fraction of sp³-hybridized carbons (Fsp3) is 0.357. The van der Waals surface area contributed by atoms with E-state index in [4.69, 9.17) is 9.47 Å². The highest BCUT2D eigenvalue weighted by atomic mass is 16.6. The summed E-state index contributed by atoms with van der Waals surface area (Å²) in [6.45, 7) is 7.18. The van der Waals surface area contributed by atoms with Gasteiger partial charge in [0.2, 0.25) is 0 Å². The van der Waals surface area contributed by atoms with Crippen molar-refractivity contribution in [3.63, 3.8) is 0 Å². The lowest BCUT2D eigenvalue weighted by molar-refractivity contribution is -0.132. The highest BCUT2D eigenvalue weighted by molar-refractivity contribution is 5.70. The van der Waals surface area contributed by atoms with Gasteiger partial charge in [-0.1, -0.05) is 38.1 Å². The Labute approximate surface area is 102 Å². The molecule has 0 aromatic heterocycles. The molecular formula is C14H18O3. The van der Waals surface area contributed by atoms with Crippen LogP contribution in [0, 0.1) is 0 Å². The Kier molecular flexibility index (Phi) is 5.27. The smallest absolute Gasteiger partial charge is 0.308 e. The van der Waals surface area contributed by atoms with Gasteiger partial charge in [0.05, 0.1) is 0 Å². The van der Waals surface area contributed by atoms with Gasteiger partial charge in [-0.15, -0.1) is 0 Å². The van der Waals surface area contributed by atoms with Gasteiger partial charge in [-0.05, 0) is 18.6 Å². The quantitative estimate of drug-likeness (QED) is 0.430.